The van der Waals surface area contributed by atoms with Gasteiger partial charge < -0.3 is 10.7 Å². The van der Waals surface area contributed by atoms with Gasteiger partial charge in [0.25, 0.3) is 0 Å². The SMILES string of the molecule is CN/C=C\C(=N)CF. The number of rotatable bonds is 3. The lowest BCUT2D eigenvalue weighted by molar-refractivity contribution is 0.581. The summed E-state index contributed by atoms with van der Waals surface area (Å²) in [4.78, 5) is 0. The van der Waals surface area contributed by atoms with Crippen LogP contribution in [-0.4, -0.2) is 19.4 Å². The molecule has 0 heterocycles. The molecule has 0 aliphatic heterocycles. The molecule has 0 saturated carbocycles. The molecule has 0 atom stereocenters. The fourth-order valence-electron chi connectivity index (χ4n) is 0.228. The van der Waals surface area contributed by atoms with Crippen molar-refractivity contribution in [2.75, 3.05) is 13.7 Å². The van der Waals surface area contributed by atoms with Crippen molar-refractivity contribution in [1.82, 2.24) is 5.32 Å². The van der Waals surface area contributed by atoms with E-state index in [0.29, 0.717) is 0 Å². The highest BCUT2D eigenvalue weighted by Crippen LogP contribution is 1.75. The molecule has 0 aromatic carbocycles. The Morgan fingerprint density at radius 1 is 1.88 bits per heavy atom. The second kappa shape index (κ2) is 4.30. The smallest absolute Gasteiger partial charge is 0.131 e. The Balaban J connectivity index is 3.37. The molecule has 0 saturated heterocycles. The third kappa shape index (κ3) is 3.33. The van der Waals surface area contributed by atoms with Crippen LogP contribution in [-0.2, 0) is 0 Å². The number of alkyl halides is 1. The minimum absolute atomic E-state index is 0.0145. The highest BCUT2D eigenvalue weighted by Gasteiger charge is 1.83. The number of hydrogen-bond donors (Lipinski definition) is 2. The molecule has 0 aromatic heterocycles. The Bertz CT molecular complexity index is 98.6. The van der Waals surface area contributed by atoms with E-state index in [4.69, 9.17) is 5.41 Å². The fraction of sp³-hybridized carbons (Fsp3) is 0.400. The van der Waals surface area contributed by atoms with E-state index in [1.807, 2.05) is 0 Å². The molecule has 0 fully saturated rings. The summed E-state index contributed by atoms with van der Waals surface area (Å²) in [6, 6.07) is 0. The third-order valence-corrected chi connectivity index (χ3v) is 0.595. The number of halogens is 1. The lowest BCUT2D eigenvalue weighted by Crippen LogP contribution is -1.97. The molecule has 0 aliphatic rings. The zero-order valence-corrected chi connectivity index (χ0v) is 4.74. The van der Waals surface area contributed by atoms with Crippen molar-refractivity contribution < 1.29 is 4.39 Å². The van der Waals surface area contributed by atoms with E-state index in [2.05, 4.69) is 5.32 Å². The van der Waals surface area contributed by atoms with Crippen molar-refractivity contribution in [1.29, 1.82) is 5.41 Å². The number of nitrogens with one attached hydrogen (secondary N) is 2. The minimum atomic E-state index is -0.696. The first kappa shape index (κ1) is 7.14. The molecule has 3 heteroatoms. The molecule has 2 nitrogen and oxygen atoms in total. The molecule has 0 amide bonds. The van der Waals surface area contributed by atoms with Crippen LogP contribution >= 0.6 is 0 Å². The summed E-state index contributed by atoms with van der Waals surface area (Å²) in [6.07, 6.45) is 2.89. The Morgan fingerprint density at radius 3 is 2.88 bits per heavy atom. The van der Waals surface area contributed by atoms with E-state index in [1.165, 1.54) is 12.3 Å². The van der Waals surface area contributed by atoms with E-state index in [0.717, 1.165) is 0 Å². The summed E-state index contributed by atoms with van der Waals surface area (Å²) in [5.41, 5.74) is -0.0145. The molecule has 0 unspecified atom stereocenters. The predicted octanol–water partition coefficient (Wildman–Crippen LogP) is 0.709. The quantitative estimate of drug-likeness (QED) is 0.523. The van der Waals surface area contributed by atoms with Crippen LogP contribution in [0.5, 0.6) is 0 Å². The van der Waals surface area contributed by atoms with Crippen molar-refractivity contribution in [3.8, 4) is 0 Å². The lowest BCUT2D eigenvalue weighted by Gasteiger charge is -1.85. The lowest BCUT2D eigenvalue weighted by atomic mass is 10.4. The topological polar surface area (TPSA) is 35.9 Å². The normalized spacial score (nSPS) is 9.75. The van der Waals surface area contributed by atoms with Crippen LogP contribution < -0.4 is 5.32 Å². The fourth-order valence-corrected chi connectivity index (χ4v) is 0.228. The van der Waals surface area contributed by atoms with E-state index < -0.39 is 6.67 Å². The largest absolute Gasteiger partial charge is 0.394 e. The van der Waals surface area contributed by atoms with E-state index in [1.54, 1.807) is 7.05 Å². The van der Waals surface area contributed by atoms with E-state index >= 15 is 0 Å². The molecule has 0 spiro atoms. The zero-order chi connectivity index (χ0) is 6.41. The van der Waals surface area contributed by atoms with E-state index in [-0.39, 0.29) is 5.71 Å². The molecular formula is C5H9FN2. The summed E-state index contributed by atoms with van der Waals surface area (Å²) in [6.45, 7) is -0.696. The summed E-state index contributed by atoms with van der Waals surface area (Å²) >= 11 is 0. The van der Waals surface area contributed by atoms with Gasteiger partial charge in [0, 0.05) is 7.05 Å². The van der Waals surface area contributed by atoms with Gasteiger partial charge in [0.2, 0.25) is 0 Å². The van der Waals surface area contributed by atoms with Gasteiger partial charge >= 0.3 is 0 Å². The molecule has 2 N–H and O–H groups in total. The monoisotopic (exact) mass is 116 g/mol. The van der Waals surface area contributed by atoms with Gasteiger partial charge in [0.05, 0.1) is 5.71 Å². The van der Waals surface area contributed by atoms with Crippen molar-refractivity contribution >= 4 is 5.71 Å². The molecular weight excluding hydrogens is 107 g/mol. The van der Waals surface area contributed by atoms with Crippen molar-refractivity contribution in [2.24, 2.45) is 0 Å². The molecule has 0 radical (unpaired) electrons. The Kier molecular flexibility index (Phi) is 3.84. The van der Waals surface area contributed by atoms with Crippen molar-refractivity contribution in [3.05, 3.63) is 12.3 Å². The first-order valence-electron chi connectivity index (χ1n) is 2.28. The first-order chi connectivity index (χ1) is 3.81. The third-order valence-electron chi connectivity index (χ3n) is 0.595. The highest BCUT2D eigenvalue weighted by molar-refractivity contribution is 5.93. The molecule has 0 aliphatic carbocycles. The van der Waals surface area contributed by atoms with Gasteiger partial charge in [-0.1, -0.05) is 0 Å². The van der Waals surface area contributed by atoms with Gasteiger partial charge in [-0.2, -0.15) is 0 Å². The predicted molar refractivity (Wildman–Crippen MR) is 31.9 cm³/mol. The van der Waals surface area contributed by atoms with Gasteiger partial charge in [0.15, 0.2) is 0 Å². The van der Waals surface area contributed by atoms with Crippen LogP contribution in [0.4, 0.5) is 4.39 Å². The molecule has 46 valence electrons. The van der Waals surface area contributed by atoms with Gasteiger partial charge in [-0.25, -0.2) is 4.39 Å². The van der Waals surface area contributed by atoms with Gasteiger partial charge in [-0.15, -0.1) is 0 Å². The molecule has 0 bridgehead atoms. The average molecular weight is 116 g/mol. The maximum absolute atomic E-state index is 11.4. The van der Waals surface area contributed by atoms with Crippen molar-refractivity contribution in [2.45, 2.75) is 0 Å². The van der Waals surface area contributed by atoms with Crippen molar-refractivity contribution in [3.63, 3.8) is 0 Å². The van der Waals surface area contributed by atoms with Crippen LogP contribution in [0, 0.1) is 5.41 Å². The Hall–Kier alpha value is -0.860. The van der Waals surface area contributed by atoms with Crippen LogP contribution in [0.15, 0.2) is 12.3 Å². The van der Waals surface area contributed by atoms with E-state index in [9.17, 15) is 4.39 Å². The maximum atomic E-state index is 11.4. The van der Waals surface area contributed by atoms with Crippen LogP contribution in [0.1, 0.15) is 0 Å². The highest BCUT2D eigenvalue weighted by atomic mass is 19.1. The maximum Gasteiger partial charge on any atom is 0.131 e. The first-order valence-corrected chi connectivity index (χ1v) is 2.28. The second-order valence-corrected chi connectivity index (χ2v) is 1.28. The molecule has 8 heavy (non-hydrogen) atoms. The minimum Gasteiger partial charge on any atom is -0.394 e. The number of allylic oxidation sites excluding steroid dienone is 1. The summed E-state index contributed by atoms with van der Waals surface area (Å²) < 4.78 is 11.4. The average Bonchev–Trinajstić information content (AvgIpc) is 1.83. The van der Waals surface area contributed by atoms with Gasteiger partial charge in [0.1, 0.15) is 6.67 Å². The molecule has 0 rings (SSSR count). The van der Waals surface area contributed by atoms with Crippen LogP contribution in [0.3, 0.4) is 0 Å². The van der Waals surface area contributed by atoms with Gasteiger partial charge in [-0.05, 0) is 12.3 Å². The second-order valence-electron chi connectivity index (χ2n) is 1.28. The van der Waals surface area contributed by atoms with Gasteiger partial charge in [-0.3, -0.25) is 0 Å². The Morgan fingerprint density at radius 2 is 2.50 bits per heavy atom. The standard InChI is InChI=1S/C5H9FN2/c1-8-3-2-5(7)4-6/h2-3,7-8H,4H2,1H3/b3-2-,7-5?. The van der Waals surface area contributed by atoms with Crippen LogP contribution in [0.2, 0.25) is 0 Å². The summed E-state index contributed by atoms with van der Waals surface area (Å²) in [7, 11) is 1.70. The number of hydrogen-bond acceptors (Lipinski definition) is 2. The molecule has 0 aromatic rings. The summed E-state index contributed by atoms with van der Waals surface area (Å²) in [5.74, 6) is 0. The van der Waals surface area contributed by atoms with Crippen LogP contribution in [0.25, 0.3) is 0 Å². The summed E-state index contributed by atoms with van der Waals surface area (Å²) in [5, 5.41) is 9.38. The zero-order valence-electron chi connectivity index (χ0n) is 4.74. The Labute approximate surface area is 47.9 Å².